The molecule has 0 rings (SSSR count). The SMILES string of the molecule is CCCSC/C=C/C/C=C/C/C=C/CCCCC(=O)O. The standard InChI is InChI=1S/C17H28O2S/c1-2-15-20-16-13-11-9-7-5-3-4-6-8-10-12-14-17(18)19/h4-7,11,13H,2-3,8-10,12,14-16H2,1H3,(H,18,19)/b6-4+,7-5+,13-11+. The molecular weight excluding hydrogens is 268 g/mol. The summed E-state index contributed by atoms with van der Waals surface area (Å²) in [4.78, 5) is 10.3. The molecule has 0 saturated heterocycles. The first-order valence-corrected chi connectivity index (χ1v) is 8.67. The molecule has 114 valence electrons. The lowest BCUT2D eigenvalue weighted by Gasteiger charge is -1.92. The molecule has 0 saturated carbocycles. The number of carboxylic acids is 1. The number of aliphatic carboxylic acids is 1. The summed E-state index contributed by atoms with van der Waals surface area (Å²) >= 11 is 1.98. The van der Waals surface area contributed by atoms with E-state index in [-0.39, 0.29) is 6.42 Å². The zero-order chi connectivity index (χ0) is 14.9. The highest BCUT2D eigenvalue weighted by molar-refractivity contribution is 7.99. The molecule has 0 atom stereocenters. The van der Waals surface area contributed by atoms with Crippen molar-refractivity contribution in [2.75, 3.05) is 11.5 Å². The first-order valence-electron chi connectivity index (χ1n) is 7.52. The molecule has 3 heteroatoms. The molecule has 20 heavy (non-hydrogen) atoms. The van der Waals surface area contributed by atoms with E-state index in [9.17, 15) is 4.79 Å². The van der Waals surface area contributed by atoms with Gasteiger partial charge in [0.1, 0.15) is 0 Å². The number of hydrogen-bond acceptors (Lipinski definition) is 2. The highest BCUT2D eigenvalue weighted by Crippen LogP contribution is 2.03. The molecule has 0 radical (unpaired) electrons. The van der Waals surface area contributed by atoms with Crippen LogP contribution in [0.4, 0.5) is 0 Å². The Morgan fingerprint density at radius 3 is 2.30 bits per heavy atom. The van der Waals surface area contributed by atoms with Gasteiger partial charge in [0, 0.05) is 12.2 Å². The van der Waals surface area contributed by atoms with E-state index in [0.717, 1.165) is 37.9 Å². The molecule has 0 aromatic carbocycles. The molecule has 0 aromatic rings. The van der Waals surface area contributed by atoms with Crippen LogP contribution in [0.3, 0.4) is 0 Å². The van der Waals surface area contributed by atoms with E-state index >= 15 is 0 Å². The van der Waals surface area contributed by atoms with Gasteiger partial charge in [0.2, 0.25) is 0 Å². The molecule has 2 nitrogen and oxygen atoms in total. The molecule has 0 bridgehead atoms. The van der Waals surface area contributed by atoms with E-state index < -0.39 is 5.97 Å². The second kappa shape index (κ2) is 16.1. The number of hydrogen-bond donors (Lipinski definition) is 1. The molecule has 0 heterocycles. The van der Waals surface area contributed by atoms with Crippen molar-refractivity contribution in [2.24, 2.45) is 0 Å². The number of carbonyl (C=O) groups is 1. The maximum absolute atomic E-state index is 10.3. The summed E-state index contributed by atoms with van der Waals surface area (Å²) in [5, 5.41) is 8.48. The van der Waals surface area contributed by atoms with Crippen LogP contribution in [0.25, 0.3) is 0 Å². The van der Waals surface area contributed by atoms with E-state index in [1.165, 1.54) is 12.2 Å². The second-order valence-corrected chi connectivity index (χ2v) is 5.75. The third-order valence-corrected chi connectivity index (χ3v) is 3.74. The van der Waals surface area contributed by atoms with Gasteiger partial charge in [-0.05, 0) is 44.3 Å². The molecule has 0 aliphatic rings. The molecule has 0 aromatic heterocycles. The zero-order valence-corrected chi connectivity index (χ0v) is 13.4. The fourth-order valence-electron chi connectivity index (χ4n) is 1.56. The fraction of sp³-hybridized carbons (Fsp3) is 0.588. The minimum atomic E-state index is -0.696. The van der Waals surface area contributed by atoms with Crippen LogP contribution in [0.2, 0.25) is 0 Å². The van der Waals surface area contributed by atoms with Crippen molar-refractivity contribution in [3.05, 3.63) is 36.5 Å². The van der Waals surface area contributed by atoms with Gasteiger partial charge in [-0.25, -0.2) is 0 Å². The predicted octanol–water partition coefficient (Wildman–Crippen LogP) is 5.22. The topological polar surface area (TPSA) is 37.3 Å². The van der Waals surface area contributed by atoms with Crippen molar-refractivity contribution >= 4 is 17.7 Å². The van der Waals surface area contributed by atoms with E-state index in [2.05, 4.69) is 43.4 Å². The summed E-state index contributed by atoms with van der Waals surface area (Å²) in [6, 6.07) is 0. The molecule has 1 N–H and O–H groups in total. The lowest BCUT2D eigenvalue weighted by atomic mass is 10.2. The highest BCUT2D eigenvalue weighted by Gasteiger charge is 1.93. The number of rotatable bonds is 13. The van der Waals surface area contributed by atoms with Crippen LogP contribution < -0.4 is 0 Å². The lowest BCUT2D eigenvalue weighted by molar-refractivity contribution is -0.137. The molecule has 0 unspecified atom stereocenters. The first kappa shape index (κ1) is 19.0. The first-order chi connectivity index (χ1) is 9.77. The Bertz CT molecular complexity index is 306. The summed E-state index contributed by atoms with van der Waals surface area (Å²) < 4.78 is 0. The lowest BCUT2D eigenvalue weighted by Crippen LogP contribution is -1.92. The van der Waals surface area contributed by atoms with Gasteiger partial charge in [-0.15, -0.1) is 0 Å². The van der Waals surface area contributed by atoms with Crippen molar-refractivity contribution in [1.82, 2.24) is 0 Å². The molecule has 0 spiro atoms. The largest absolute Gasteiger partial charge is 0.481 e. The summed E-state index contributed by atoms with van der Waals surface area (Å²) in [7, 11) is 0. The van der Waals surface area contributed by atoms with Crippen LogP contribution in [-0.4, -0.2) is 22.6 Å². The average Bonchev–Trinajstić information content (AvgIpc) is 2.43. The Balaban J connectivity index is 3.32. The minimum absolute atomic E-state index is 0.288. The summed E-state index contributed by atoms with van der Waals surface area (Å²) in [6.45, 7) is 2.21. The summed E-state index contributed by atoms with van der Waals surface area (Å²) in [5.74, 6) is 1.67. The van der Waals surface area contributed by atoms with Gasteiger partial charge in [-0.2, -0.15) is 11.8 Å². The minimum Gasteiger partial charge on any atom is -0.481 e. The van der Waals surface area contributed by atoms with Gasteiger partial charge in [0.15, 0.2) is 0 Å². The third-order valence-electron chi connectivity index (χ3n) is 2.62. The normalized spacial score (nSPS) is 12.1. The number of allylic oxidation sites excluding steroid dienone is 5. The maximum Gasteiger partial charge on any atom is 0.303 e. The number of carboxylic acid groups (broad SMARTS) is 1. The average molecular weight is 296 g/mol. The predicted molar refractivity (Wildman–Crippen MR) is 90.4 cm³/mol. The Morgan fingerprint density at radius 1 is 1.00 bits per heavy atom. The van der Waals surface area contributed by atoms with Crippen LogP contribution in [0.1, 0.15) is 51.9 Å². The Kier molecular flexibility index (Phi) is 15.3. The third kappa shape index (κ3) is 17.0. The van der Waals surface area contributed by atoms with Crippen molar-refractivity contribution in [3.8, 4) is 0 Å². The van der Waals surface area contributed by atoms with Gasteiger partial charge in [0.25, 0.3) is 0 Å². The van der Waals surface area contributed by atoms with Crippen LogP contribution in [0.5, 0.6) is 0 Å². The van der Waals surface area contributed by atoms with E-state index in [0.29, 0.717) is 0 Å². The fourth-order valence-corrected chi connectivity index (χ4v) is 2.29. The van der Waals surface area contributed by atoms with Gasteiger partial charge >= 0.3 is 5.97 Å². The number of thioether (sulfide) groups is 1. The smallest absolute Gasteiger partial charge is 0.303 e. The van der Waals surface area contributed by atoms with Crippen molar-refractivity contribution < 1.29 is 9.90 Å². The van der Waals surface area contributed by atoms with Crippen LogP contribution in [0.15, 0.2) is 36.5 Å². The second-order valence-electron chi connectivity index (χ2n) is 4.60. The van der Waals surface area contributed by atoms with Crippen LogP contribution >= 0.6 is 11.8 Å². The summed E-state index contributed by atoms with van der Waals surface area (Å²) in [6.07, 6.45) is 19.4. The van der Waals surface area contributed by atoms with E-state index in [4.69, 9.17) is 5.11 Å². The van der Waals surface area contributed by atoms with E-state index in [1.807, 2.05) is 11.8 Å². The molecule has 0 fully saturated rings. The summed E-state index contributed by atoms with van der Waals surface area (Å²) in [5.41, 5.74) is 0. The quantitative estimate of drug-likeness (QED) is 0.374. The van der Waals surface area contributed by atoms with Crippen molar-refractivity contribution in [2.45, 2.75) is 51.9 Å². The van der Waals surface area contributed by atoms with Gasteiger partial charge in [-0.3, -0.25) is 4.79 Å². The molecule has 0 aliphatic heterocycles. The van der Waals surface area contributed by atoms with Crippen LogP contribution in [-0.2, 0) is 4.79 Å². The molecular formula is C17H28O2S. The van der Waals surface area contributed by atoms with Gasteiger partial charge in [0.05, 0.1) is 0 Å². The maximum atomic E-state index is 10.3. The van der Waals surface area contributed by atoms with Crippen molar-refractivity contribution in [3.63, 3.8) is 0 Å². The highest BCUT2D eigenvalue weighted by atomic mass is 32.2. The Labute approximate surface area is 128 Å². The Hall–Kier alpha value is -0.960. The monoisotopic (exact) mass is 296 g/mol. The number of unbranched alkanes of at least 4 members (excludes halogenated alkanes) is 2. The Morgan fingerprint density at radius 2 is 1.65 bits per heavy atom. The van der Waals surface area contributed by atoms with Gasteiger partial charge < -0.3 is 5.11 Å². The van der Waals surface area contributed by atoms with Crippen molar-refractivity contribution in [1.29, 1.82) is 0 Å². The molecule has 0 aliphatic carbocycles. The van der Waals surface area contributed by atoms with E-state index in [1.54, 1.807) is 0 Å². The van der Waals surface area contributed by atoms with Gasteiger partial charge in [-0.1, -0.05) is 43.4 Å². The zero-order valence-electron chi connectivity index (χ0n) is 12.6. The molecule has 0 amide bonds. The van der Waals surface area contributed by atoms with Crippen LogP contribution in [0, 0.1) is 0 Å².